The van der Waals surface area contributed by atoms with Crippen molar-refractivity contribution < 1.29 is 5.11 Å². The first-order valence-electron chi connectivity index (χ1n) is 5.64. The Morgan fingerprint density at radius 3 is 2.72 bits per heavy atom. The molecule has 5 heteroatoms. The molecule has 0 amide bonds. The van der Waals surface area contributed by atoms with Gasteiger partial charge in [-0.15, -0.1) is 0 Å². The summed E-state index contributed by atoms with van der Waals surface area (Å²) < 4.78 is 3.64. The molecule has 3 rings (SSSR count). The first-order chi connectivity index (χ1) is 8.59. The van der Waals surface area contributed by atoms with Crippen molar-refractivity contribution >= 4 is 16.6 Å². The number of para-hydroxylation sites is 1. The number of anilines is 1. The third-order valence-corrected chi connectivity index (χ3v) is 3.20. The van der Waals surface area contributed by atoms with Gasteiger partial charge in [-0.3, -0.25) is 4.68 Å². The Morgan fingerprint density at radius 1 is 1.28 bits per heavy atom. The van der Waals surface area contributed by atoms with Crippen LogP contribution in [0.3, 0.4) is 0 Å². The van der Waals surface area contributed by atoms with Crippen molar-refractivity contribution in [3.05, 3.63) is 30.6 Å². The van der Waals surface area contributed by atoms with Crippen molar-refractivity contribution in [3.8, 4) is 17.0 Å². The van der Waals surface area contributed by atoms with Gasteiger partial charge in [0.25, 0.3) is 0 Å². The van der Waals surface area contributed by atoms with Crippen LogP contribution in [0.15, 0.2) is 30.6 Å². The summed E-state index contributed by atoms with van der Waals surface area (Å²) in [7, 11) is 3.76. The normalized spacial score (nSPS) is 11.2. The molecule has 0 unspecified atom stereocenters. The zero-order valence-electron chi connectivity index (χ0n) is 10.3. The number of hydrogen-bond acceptors (Lipinski definition) is 3. The van der Waals surface area contributed by atoms with E-state index in [1.165, 1.54) is 0 Å². The van der Waals surface area contributed by atoms with Crippen LogP contribution in [0.4, 0.5) is 5.69 Å². The van der Waals surface area contributed by atoms with Gasteiger partial charge in [-0.25, -0.2) is 0 Å². The fourth-order valence-corrected chi connectivity index (χ4v) is 2.42. The fraction of sp³-hybridized carbons (Fsp3) is 0.154. The van der Waals surface area contributed by atoms with Crippen LogP contribution >= 0.6 is 0 Å². The van der Waals surface area contributed by atoms with Crippen LogP contribution < -0.4 is 5.73 Å². The summed E-state index contributed by atoms with van der Waals surface area (Å²) in [5, 5.41) is 15.0. The molecule has 92 valence electrons. The first-order valence-corrected chi connectivity index (χ1v) is 5.64. The maximum Gasteiger partial charge on any atom is 0.139 e. The second kappa shape index (κ2) is 3.53. The molecule has 3 N–H and O–H groups in total. The monoisotopic (exact) mass is 242 g/mol. The highest BCUT2D eigenvalue weighted by Crippen LogP contribution is 2.36. The molecule has 0 radical (unpaired) electrons. The van der Waals surface area contributed by atoms with Gasteiger partial charge in [-0.2, -0.15) is 5.10 Å². The zero-order valence-corrected chi connectivity index (χ0v) is 10.3. The molecule has 0 aliphatic carbocycles. The number of nitrogens with zero attached hydrogens (tertiary/aromatic N) is 3. The van der Waals surface area contributed by atoms with Crippen molar-refractivity contribution in [1.29, 1.82) is 0 Å². The highest BCUT2D eigenvalue weighted by atomic mass is 16.3. The molecule has 2 heterocycles. The Balaban J connectivity index is 2.41. The largest absolute Gasteiger partial charge is 0.506 e. The molecule has 0 spiro atoms. The second-order valence-corrected chi connectivity index (χ2v) is 4.40. The molecule has 0 bridgehead atoms. The van der Waals surface area contributed by atoms with Gasteiger partial charge in [0.05, 0.1) is 23.1 Å². The molecule has 2 aromatic heterocycles. The second-order valence-electron chi connectivity index (χ2n) is 4.40. The molecule has 0 fully saturated rings. The molecule has 0 saturated carbocycles. The molecule has 1 aromatic carbocycles. The van der Waals surface area contributed by atoms with Crippen LogP contribution in [0.1, 0.15) is 0 Å². The predicted octanol–water partition coefficient (Wildman–Crippen LogP) is 1.87. The number of benzene rings is 1. The lowest BCUT2D eigenvalue weighted by molar-refractivity contribution is 0.479. The maximum atomic E-state index is 9.93. The van der Waals surface area contributed by atoms with Crippen LogP contribution in [-0.4, -0.2) is 19.5 Å². The van der Waals surface area contributed by atoms with Crippen molar-refractivity contribution in [2.45, 2.75) is 0 Å². The number of nitrogen functional groups attached to an aromatic ring is 1. The van der Waals surface area contributed by atoms with Gasteiger partial charge >= 0.3 is 0 Å². The molecule has 18 heavy (non-hydrogen) atoms. The van der Waals surface area contributed by atoms with E-state index in [1.54, 1.807) is 16.9 Å². The van der Waals surface area contributed by atoms with Gasteiger partial charge in [0, 0.05) is 31.2 Å². The van der Waals surface area contributed by atoms with Crippen LogP contribution in [0.25, 0.3) is 22.2 Å². The third kappa shape index (κ3) is 1.30. The van der Waals surface area contributed by atoms with Crippen LogP contribution in [0.2, 0.25) is 0 Å². The van der Waals surface area contributed by atoms with Gasteiger partial charge in [0.1, 0.15) is 5.75 Å². The number of aryl methyl sites for hydroxylation is 2. The van der Waals surface area contributed by atoms with E-state index in [9.17, 15) is 5.11 Å². The summed E-state index contributed by atoms with van der Waals surface area (Å²) in [6, 6.07) is 5.48. The number of phenols is 1. The van der Waals surface area contributed by atoms with Gasteiger partial charge in [0.15, 0.2) is 0 Å². The number of aromatic nitrogens is 3. The van der Waals surface area contributed by atoms with Crippen molar-refractivity contribution in [2.24, 2.45) is 14.1 Å². The summed E-state index contributed by atoms with van der Waals surface area (Å²) in [4.78, 5) is 0. The summed E-state index contributed by atoms with van der Waals surface area (Å²) >= 11 is 0. The Hall–Kier alpha value is -2.43. The maximum absolute atomic E-state index is 9.93. The molecule has 0 atom stereocenters. The molecular weight excluding hydrogens is 228 g/mol. The molecule has 0 aliphatic rings. The lowest BCUT2D eigenvalue weighted by Gasteiger charge is -2.02. The van der Waals surface area contributed by atoms with E-state index in [0.29, 0.717) is 5.69 Å². The quantitative estimate of drug-likeness (QED) is 0.684. The Bertz CT molecular complexity index is 719. The van der Waals surface area contributed by atoms with Crippen molar-refractivity contribution in [2.75, 3.05) is 5.73 Å². The number of fused-ring (bicyclic) bond motifs is 1. The molecule has 0 saturated heterocycles. The van der Waals surface area contributed by atoms with Gasteiger partial charge in [-0.1, -0.05) is 12.1 Å². The van der Waals surface area contributed by atoms with Crippen LogP contribution in [0.5, 0.6) is 5.75 Å². The van der Waals surface area contributed by atoms with E-state index in [1.807, 2.05) is 37.0 Å². The highest BCUT2D eigenvalue weighted by molar-refractivity contribution is 6.00. The summed E-state index contributed by atoms with van der Waals surface area (Å²) in [6.45, 7) is 0. The van der Waals surface area contributed by atoms with Gasteiger partial charge in [0.2, 0.25) is 0 Å². The van der Waals surface area contributed by atoms with E-state index < -0.39 is 0 Å². The zero-order chi connectivity index (χ0) is 12.9. The Kier molecular flexibility index (Phi) is 2.10. The number of phenolic OH excluding ortho intramolecular Hbond substituents is 1. The van der Waals surface area contributed by atoms with E-state index in [0.717, 1.165) is 22.2 Å². The van der Waals surface area contributed by atoms with E-state index in [4.69, 9.17) is 5.73 Å². The number of rotatable bonds is 1. The average Bonchev–Trinajstić information content (AvgIpc) is 2.82. The average molecular weight is 242 g/mol. The minimum absolute atomic E-state index is 0.266. The summed E-state index contributed by atoms with van der Waals surface area (Å²) in [6.07, 6.45) is 3.59. The molecule has 0 aliphatic heterocycles. The highest BCUT2D eigenvalue weighted by Gasteiger charge is 2.16. The van der Waals surface area contributed by atoms with E-state index in [2.05, 4.69) is 5.10 Å². The van der Waals surface area contributed by atoms with Crippen molar-refractivity contribution in [1.82, 2.24) is 14.3 Å². The first kappa shape index (κ1) is 10.7. The Morgan fingerprint density at radius 2 is 2.06 bits per heavy atom. The lowest BCUT2D eigenvalue weighted by Crippen LogP contribution is -1.95. The SMILES string of the molecule is Cn1ncc(N)c1-c1cn(C)c2c(O)cccc12. The lowest BCUT2D eigenvalue weighted by atomic mass is 10.1. The summed E-state index contributed by atoms with van der Waals surface area (Å²) in [5.41, 5.74) is 9.23. The number of nitrogens with two attached hydrogens (primary N) is 1. The topological polar surface area (TPSA) is 69.0 Å². The Labute approximate surface area is 104 Å². The van der Waals surface area contributed by atoms with Gasteiger partial charge < -0.3 is 15.4 Å². The molecular formula is C13H14N4O. The van der Waals surface area contributed by atoms with Crippen LogP contribution in [0, 0.1) is 0 Å². The fourth-order valence-electron chi connectivity index (χ4n) is 2.42. The van der Waals surface area contributed by atoms with Crippen molar-refractivity contribution in [3.63, 3.8) is 0 Å². The number of aromatic hydroxyl groups is 1. The predicted molar refractivity (Wildman–Crippen MR) is 71.2 cm³/mol. The minimum Gasteiger partial charge on any atom is -0.506 e. The third-order valence-electron chi connectivity index (χ3n) is 3.20. The van der Waals surface area contributed by atoms with E-state index >= 15 is 0 Å². The van der Waals surface area contributed by atoms with E-state index in [-0.39, 0.29) is 5.75 Å². The molecule has 3 aromatic rings. The smallest absolute Gasteiger partial charge is 0.139 e. The standard InChI is InChI=1S/C13H14N4O/c1-16-7-9(12-10(14)6-15-17(12)2)8-4-3-5-11(18)13(8)16/h3-7,18H,14H2,1-2H3. The minimum atomic E-state index is 0.266. The van der Waals surface area contributed by atoms with Gasteiger partial charge in [-0.05, 0) is 6.07 Å². The molecule has 5 nitrogen and oxygen atoms in total. The summed E-state index contributed by atoms with van der Waals surface area (Å²) in [5.74, 6) is 0.266. The number of hydrogen-bond donors (Lipinski definition) is 2. The van der Waals surface area contributed by atoms with Crippen LogP contribution in [-0.2, 0) is 14.1 Å².